The molecule has 2 atom stereocenters. The van der Waals surface area contributed by atoms with Crippen molar-refractivity contribution in [2.75, 3.05) is 18.9 Å². The molecule has 8 nitrogen and oxygen atoms in total. The number of rotatable bonds is 12. The summed E-state index contributed by atoms with van der Waals surface area (Å²) < 4.78 is 5.14. The van der Waals surface area contributed by atoms with Gasteiger partial charge in [-0.25, -0.2) is 0 Å². The summed E-state index contributed by atoms with van der Waals surface area (Å²) in [4.78, 5) is 49.0. The normalized spacial score (nSPS) is 18.3. The first-order valence-electron chi connectivity index (χ1n) is 10.5. The largest absolute Gasteiger partial charge is 0.480 e. The van der Waals surface area contributed by atoms with E-state index in [0.717, 1.165) is 11.1 Å². The summed E-state index contributed by atoms with van der Waals surface area (Å²) in [5.41, 5.74) is 1.57. The minimum Gasteiger partial charge on any atom is -0.480 e. The molecule has 0 radical (unpaired) electrons. The Hall–Kier alpha value is -2.81. The maximum absolute atomic E-state index is 12.5. The molecule has 1 saturated heterocycles. The molecule has 2 rings (SSSR count). The Labute approximate surface area is 192 Å². The number of β-lactam (4-membered cyclic amide) rings is 1. The van der Waals surface area contributed by atoms with Crippen LogP contribution in [-0.2, 0) is 30.3 Å². The number of ether oxygens (including phenoxy) is 1. The lowest BCUT2D eigenvalue weighted by Crippen LogP contribution is -2.71. The highest BCUT2D eigenvalue weighted by atomic mass is 32.2. The van der Waals surface area contributed by atoms with Crippen LogP contribution in [0.25, 0.3) is 0 Å². The molecule has 1 fully saturated rings. The molecule has 2 amide bonds. The van der Waals surface area contributed by atoms with Gasteiger partial charge >= 0.3 is 11.9 Å². The van der Waals surface area contributed by atoms with Crippen LogP contribution in [0.4, 0.5) is 0 Å². The first-order chi connectivity index (χ1) is 15.2. The average Bonchev–Trinajstić information content (AvgIpc) is 2.74. The fourth-order valence-corrected chi connectivity index (χ4v) is 4.06. The van der Waals surface area contributed by atoms with Crippen molar-refractivity contribution in [1.82, 2.24) is 10.2 Å². The van der Waals surface area contributed by atoms with E-state index in [4.69, 9.17) is 9.84 Å². The van der Waals surface area contributed by atoms with Gasteiger partial charge in [0.2, 0.25) is 11.8 Å². The fraction of sp³-hybridized carbons (Fsp3) is 0.478. The minimum atomic E-state index is -1.12. The predicted molar refractivity (Wildman–Crippen MR) is 122 cm³/mol. The molecule has 0 bridgehead atoms. The van der Waals surface area contributed by atoms with Gasteiger partial charge < -0.3 is 20.1 Å². The van der Waals surface area contributed by atoms with Gasteiger partial charge in [0.25, 0.3) is 0 Å². The number of benzene rings is 1. The van der Waals surface area contributed by atoms with Crippen molar-refractivity contribution in [1.29, 1.82) is 0 Å². The number of hydrogen-bond acceptors (Lipinski definition) is 6. The van der Waals surface area contributed by atoms with Crippen molar-refractivity contribution in [3.63, 3.8) is 0 Å². The molecule has 1 aliphatic rings. The van der Waals surface area contributed by atoms with E-state index in [0.29, 0.717) is 12.4 Å². The number of nitrogens with one attached hydrogen (secondary N) is 1. The van der Waals surface area contributed by atoms with Crippen molar-refractivity contribution >= 4 is 35.5 Å². The summed E-state index contributed by atoms with van der Waals surface area (Å²) in [6.07, 6.45) is 0.382. The number of likely N-dealkylation sites (tertiary alicyclic amines) is 1. The molecular formula is C23H30N2O6S. The molecule has 2 N–H and O–H groups in total. The van der Waals surface area contributed by atoms with Gasteiger partial charge in [0.1, 0.15) is 12.6 Å². The molecule has 0 spiro atoms. The van der Waals surface area contributed by atoms with E-state index in [-0.39, 0.29) is 30.6 Å². The Morgan fingerprint density at radius 1 is 1.25 bits per heavy atom. The van der Waals surface area contributed by atoms with Crippen LogP contribution in [-0.4, -0.2) is 64.7 Å². The number of amides is 2. The van der Waals surface area contributed by atoms with Gasteiger partial charge in [0.15, 0.2) is 0 Å². The van der Waals surface area contributed by atoms with E-state index < -0.39 is 30.5 Å². The third kappa shape index (κ3) is 7.71. The molecule has 2 unspecified atom stereocenters. The first kappa shape index (κ1) is 25.5. The molecule has 174 valence electrons. The number of carboxylic acids is 1. The first-order valence-corrected chi connectivity index (χ1v) is 11.5. The number of carboxylic acid groups (broad SMARTS) is 1. The van der Waals surface area contributed by atoms with Crippen LogP contribution in [0.15, 0.2) is 41.3 Å². The van der Waals surface area contributed by atoms with Crippen LogP contribution in [0.2, 0.25) is 0 Å². The molecule has 0 saturated carbocycles. The summed E-state index contributed by atoms with van der Waals surface area (Å²) in [7, 11) is 0. The maximum Gasteiger partial charge on any atom is 0.323 e. The van der Waals surface area contributed by atoms with E-state index in [1.54, 1.807) is 12.3 Å². The van der Waals surface area contributed by atoms with E-state index in [1.165, 1.54) is 16.7 Å². The third-order valence-electron chi connectivity index (χ3n) is 4.77. The molecule has 1 heterocycles. The van der Waals surface area contributed by atoms with Gasteiger partial charge in [0, 0.05) is 5.75 Å². The second kappa shape index (κ2) is 12.3. The zero-order chi connectivity index (χ0) is 23.7. The Kier molecular flexibility index (Phi) is 9.77. The van der Waals surface area contributed by atoms with Gasteiger partial charge in [-0.15, -0.1) is 11.8 Å². The Bertz CT molecular complexity index is 855. The maximum atomic E-state index is 12.5. The van der Waals surface area contributed by atoms with Crippen molar-refractivity contribution in [3.8, 4) is 0 Å². The summed E-state index contributed by atoms with van der Waals surface area (Å²) in [5, 5.41) is 13.7. The predicted octanol–water partition coefficient (Wildman–Crippen LogP) is 2.24. The summed E-state index contributed by atoms with van der Waals surface area (Å²) in [6, 6.07) is 7.81. The van der Waals surface area contributed by atoms with Crippen LogP contribution >= 0.6 is 11.8 Å². The van der Waals surface area contributed by atoms with Crippen molar-refractivity contribution in [3.05, 3.63) is 46.9 Å². The highest BCUT2D eigenvalue weighted by Crippen LogP contribution is 2.28. The molecule has 1 aliphatic heterocycles. The summed E-state index contributed by atoms with van der Waals surface area (Å²) >= 11 is 1.39. The van der Waals surface area contributed by atoms with Crippen LogP contribution in [0.3, 0.4) is 0 Å². The lowest BCUT2D eigenvalue weighted by Gasteiger charge is -2.47. The second-order valence-electron chi connectivity index (χ2n) is 8.07. The molecule has 32 heavy (non-hydrogen) atoms. The van der Waals surface area contributed by atoms with Gasteiger partial charge in [-0.1, -0.05) is 44.2 Å². The monoisotopic (exact) mass is 462 g/mol. The summed E-state index contributed by atoms with van der Waals surface area (Å²) in [5.74, 6) is -1.34. The van der Waals surface area contributed by atoms with Crippen LogP contribution in [0.1, 0.15) is 32.8 Å². The van der Waals surface area contributed by atoms with Crippen molar-refractivity contribution in [2.24, 2.45) is 5.92 Å². The third-order valence-corrected chi connectivity index (χ3v) is 5.75. The zero-order valence-corrected chi connectivity index (χ0v) is 19.4. The topological polar surface area (TPSA) is 113 Å². The fourth-order valence-electron chi connectivity index (χ4n) is 3.26. The SMILES string of the molecule is CC(=CSCCC(=O)OCC(C)C)C1C(NC(=O)Cc2ccccc2)C(=O)N1CC(=O)O. The molecular weight excluding hydrogens is 432 g/mol. The highest BCUT2D eigenvalue weighted by molar-refractivity contribution is 8.02. The van der Waals surface area contributed by atoms with Crippen LogP contribution in [0, 0.1) is 5.92 Å². The minimum absolute atomic E-state index is 0.131. The Balaban J connectivity index is 1.95. The zero-order valence-electron chi connectivity index (χ0n) is 18.6. The molecule has 1 aromatic carbocycles. The van der Waals surface area contributed by atoms with Crippen molar-refractivity contribution < 1.29 is 29.0 Å². The van der Waals surface area contributed by atoms with Gasteiger partial charge in [-0.2, -0.15) is 0 Å². The number of esters is 1. The smallest absolute Gasteiger partial charge is 0.323 e. The van der Waals surface area contributed by atoms with Crippen LogP contribution in [0.5, 0.6) is 0 Å². The van der Waals surface area contributed by atoms with E-state index in [1.807, 2.05) is 44.2 Å². The molecule has 0 aliphatic carbocycles. The number of thioether (sulfide) groups is 1. The lowest BCUT2D eigenvalue weighted by atomic mass is 9.89. The number of nitrogens with zero attached hydrogens (tertiary/aromatic N) is 1. The van der Waals surface area contributed by atoms with E-state index in [2.05, 4.69) is 5.32 Å². The summed E-state index contributed by atoms with van der Waals surface area (Å²) in [6.45, 7) is 5.66. The van der Waals surface area contributed by atoms with Crippen LogP contribution < -0.4 is 5.32 Å². The standard InChI is InChI=1S/C23H30N2O6S/c1-15(2)13-31-20(29)9-10-32-14-16(3)22-21(23(30)25(22)12-19(27)28)24-18(26)11-17-7-5-4-6-8-17/h4-8,14-15,21-22H,9-13H2,1-3H3,(H,24,26)(H,27,28). The average molecular weight is 463 g/mol. The Morgan fingerprint density at radius 2 is 1.94 bits per heavy atom. The number of hydrogen-bond donors (Lipinski definition) is 2. The van der Waals surface area contributed by atoms with Gasteiger partial charge in [-0.05, 0) is 29.4 Å². The quantitative estimate of drug-likeness (QED) is 0.278. The molecule has 9 heteroatoms. The van der Waals surface area contributed by atoms with Crippen molar-refractivity contribution in [2.45, 2.75) is 45.7 Å². The second-order valence-corrected chi connectivity index (χ2v) is 9.05. The lowest BCUT2D eigenvalue weighted by molar-refractivity contribution is -0.157. The molecule has 0 aromatic heterocycles. The number of aliphatic carboxylic acids is 1. The molecule has 1 aromatic rings. The number of carbonyl (C=O) groups is 4. The van der Waals surface area contributed by atoms with E-state index in [9.17, 15) is 19.2 Å². The highest BCUT2D eigenvalue weighted by Gasteiger charge is 2.49. The van der Waals surface area contributed by atoms with Gasteiger partial charge in [0.05, 0.1) is 25.5 Å². The number of carbonyl (C=O) groups excluding carboxylic acids is 3. The Morgan fingerprint density at radius 3 is 2.56 bits per heavy atom. The van der Waals surface area contributed by atoms with E-state index >= 15 is 0 Å². The van der Waals surface area contributed by atoms with Gasteiger partial charge in [-0.3, -0.25) is 19.2 Å².